The van der Waals surface area contributed by atoms with Crippen LogP contribution in [0.2, 0.25) is 0 Å². The fourth-order valence-corrected chi connectivity index (χ4v) is 1.66. The van der Waals surface area contributed by atoms with Gasteiger partial charge in [-0.2, -0.15) is 0 Å². The quantitative estimate of drug-likeness (QED) is 0.287. The van der Waals surface area contributed by atoms with Crippen LogP contribution in [0.1, 0.15) is 71.1 Å². The number of amides is 1. The van der Waals surface area contributed by atoms with E-state index in [9.17, 15) is 4.79 Å². The standard InChI is InChI=1S/C13H25NO/c1-2-3-4-5-6-7-8-9-10-11-12-14-13-15/h12-13H,2-11H2,1H3. The molecule has 0 aliphatic carbocycles. The average molecular weight is 211 g/mol. The van der Waals surface area contributed by atoms with Crippen molar-refractivity contribution in [1.82, 2.24) is 0 Å². The first-order chi connectivity index (χ1) is 7.41. The maximum Gasteiger partial charge on any atom is 0.232 e. The van der Waals surface area contributed by atoms with Gasteiger partial charge >= 0.3 is 0 Å². The Morgan fingerprint density at radius 2 is 1.40 bits per heavy atom. The first kappa shape index (κ1) is 14.3. The van der Waals surface area contributed by atoms with Crippen LogP contribution >= 0.6 is 0 Å². The van der Waals surface area contributed by atoms with Crippen molar-refractivity contribution in [2.24, 2.45) is 4.99 Å². The van der Waals surface area contributed by atoms with Gasteiger partial charge in [0.1, 0.15) is 0 Å². The Morgan fingerprint density at radius 3 is 1.93 bits per heavy atom. The van der Waals surface area contributed by atoms with E-state index in [1.165, 1.54) is 57.8 Å². The predicted molar refractivity (Wildman–Crippen MR) is 66.4 cm³/mol. The summed E-state index contributed by atoms with van der Waals surface area (Å²) < 4.78 is 0. The minimum Gasteiger partial charge on any atom is -0.276 e. The van der Waals surface area contributed by atoms with Gasteiger partial charge < -0.3 is 0 Å². The van der Waals surface area contributed by atoms with Crippen LogP contribution in [0.3, 0.4) is 0 Å². The van der Waals surface area contributed by atoms with Crippen LogP contribution in [0.25, 0.3) is 0 Å². The van der Waals surface area contributed by atoms with Crippen LogP contribution in [-0.2, 0) is 4.79 Å². The molecule has 0 aliphatic rings. The highest BCUT2D eigenvalue weighted by molar-refractivity contribution is 5.68. The zero-order chi connectivity index (χ0) is 11.2. The number of carbonyl (C=O) groups is 1. The minimum atomic E-state index is 0.605. The third kappa shape index (κ3) is 13.3. The number of nitrogens with zero attached hydrogens (tertiary/aromatic N) is 1. The monoisotopic (exact) mass is 211 g/mol. The van der Waals surface area contributed by atoms with Crippen LogP contribution in [-0.4, -0.2) is 12.6 Å². The van der Waals surface area contributed by atoms with Gasteiger partial charge in [0, 0.05) is 6.21 Å². The maximum atomic E-state index is 9.87. The molecule has 0 N–H and O–H groups in total. The lowest BCUT2D eigenvalue weighted by Crippen LogP contribution is -1.82. The molecule has 0 saturated carbocycles. The number of carbonyl (C=O) groups excluding carboxylic acids is 1. The molecule has 0 rings (SSSR count). The number of aliphatic imine (C=N–C) groups is 1. The lowest BCUT2D eigenvalue weighted by Gasteiger charge is -2.00. The van der Waals surface area contributed by atoms with Gasteiger partial charge in [-0.3, -0.25) is 4.79 Å². The van der Waals surface area contributed by atoms with E-state index >= 15 is 0 Å². The molecular formula is C13H25NO. The summed E-state index contributed by atoms with van der Waals surface area (Å²) in [6.07, 6.45) is 15.3. The Labute approximate surface area is 94.2 Å². The molecule has 0 unspecified atom stereocenters. The summed E-state index contributed by atoms with van der Waals surface area (Å²) in [5.41, 5.74) is 0. The Balaban J connectivity index is 2.92. The maximum absolute atomic E-state index is 9.87. The molecular weight excluding hydrogens is 186 g/mol. The number of unbranched alkanes of at least 4 members (excludes halogenated alkanes) is 9. The molecule has 0 heterocycles. The van der Waals surface area contributed by atoms with Crippen molar-refractivity contribution >= 4 is 12.6 Å². The molecule has 0 radical (unpaired) electrons. The van der Waals surface area contributed by atoms with E-state index in [1.54, 1.807) is 6.21 Å². The Morgan fingerprint density at radius 1 is 0.867 bits per heavy atom. The molecule has 0 fully saturated rings. The second-order valence-corrected chi connectivity index (χ2v) is 4.05. The van der Waals surface area contributed by atoms with Crippen LogP contribution in [0.4, 0.5) is 0 Å². The lowest BCUT2D eigenvalue weighted by molar-refractivity contribution is -0.106. The van der Waals surface area contributed by atoms with Gasteiger partial charge in [-0.15, -0.1) is 0 Å². The van der Waals surface area contributed by atoms with E-state index in [2.05, 4.69) is 11.9 Å². The number of rotatable bonds is 11. The minimum absolute atomic E-state index is 0.605. The van der Waals surface area contributed by atoms with Crippen molar-refractivity contribution in [3.8, 4) is 0 Å². The Bertz CT molecular complexity index is 155. The molecule has 1 amide bonds. The van der Waals surface area contributed by atoms with E-state index in [0.29, 0.717) is 6.41 Å². The molecule has 0 aromatic carbocycles. The second kappa shape index (κ2) is 13.3. The molecule has 0 aliphatic heterocycles. The summed E-state index contributed by atoms with van der Waals surface area (Å²) in [6.45, 7) is 2.25. The molecule has 0 aromatic rings. The van der Waals surface area contributed by atoms with Crippen LogP contribution in [0.5, 0.6) is 0 Å². The van der Waals surface area contributed by atoms with Crippen molar-refractivity contribution in [2.75, 3.05) is 0 Å². The second-order valence-electron chi connectivity index (χ2n) is 4.05. The predicted octanol–water partition coefficient (Wildman–Crippen LogP) is 4.13. The highest BCUT2D eigenvalue weighted by Gasteiger charge is 1.91. The van der Waals surface area contributed by atoms with Gasteiger partial charge in [0.2, 0.25) is 6.41 Å². The smallest absolute Gasteiger partial charge is 0.232 e. The van der Waals surface area contributed by atoms with E-state index in [0.717, 1.165) is 6.42 Å². The summed E-state index contributed by atoms with van der Waals surface area (Å²) >= 11 is 0. The van der Waals surface area contributed by atoms with Crippen molar-refractivity contribution in [3.05, 3.63) is 0 Å². The topological polar surface area (TPSA) is 29.4 Å². The van der Waals surface area contributed by atoms with Crippen LogP contribution in [0.15, 0.2) is 4.99 Å². The number of hydrogen-bond donors (Lipinski definition) is 0. The van der Waals surface area contributed by atoms with Crippen LogP contribution < -0.4 is 0 Å². The average Bonchev–Trinajstić information content (AvgIpc) is 2.26. The molecule has 0 atom stereocenters. The highest BCUT2D eigenvalue weighted by atomic mass is 16.1. The van der Waals surface area contributed by atoms with Gasteiger partial charge in [-0.1, -0.05) is 58.3 Å². The summed E-state index contributed by atoms with van der Waals surface area (Å²) in [4.78, 5) is 13.4. The lowest BCUT2D eigenvalue weighted by atomic mass is 10.1. The Kier molecular flexibility index (Phi) is 12.8. The fraction of sp³-hybridized carbons (Fsp3) is 0.846. The van der Waals surface area contributed by atoms with Gasteiger partial charge in [0.25, 0.3) is 0 Å². The van der Waals surface area contributed by atoms with Crippen molar-refractivity contribution in [1.29, 1.82) is 0 Å². The molecule has 0 spiro atoms. The van der Waals surface area contributed by atoms with Gasteiger partial charge in [0.05, 0.1) is 0 Å². The zero-order valence-corrected chi connectivity index (χ0v) is 10.1. The Hall–Kier alpha value is -0.660. The fourth-order valence-electron chi connectivity index (χ4n) is 1.66. The first-order valence-corrected chi connectivity index (χ1v) is 6.37. The zero-order valence-electron chi connectivity index (χ0n) is 10.1. The summed E-state index contributed by atoms with van der Waals surface area (Å²) in [5, 5.41) is 0. The largest absolute Gasteiger partial charge is 0.276 e. The third-order valence-corrected chi connectivity index (χ3v) is 2.60. The molecule has 0 bridgehead atoms. The van der Waals surface area contributed by atoms with E-state index in [4.69, 9.17) is 0 Å². The van der Waals surface area contributed by atoms with Crippen molar-refractivity contribution < 1.29 is 4.79 Å². The SMILES string of the molecule is CCCCCCCCCCCC=NC=O. The van der Waals surface area contributed by atoms with Crippen LogP contribution in [0, 0.1) is 0 Å². The molecule has 0 aromatic heterocycles. The first-order valence-electron chi connectivity index (χ1n) is 6.37. The van der Waals surface area contributed by atoms with E-state index < -0.39 is 0 Å². The molecule has 15 heavy (non-hydrogen) atoms. The molecule has 2 nitrogen and oxygen atoms in total. The van der Waals surface area contributed by atoms with E-state index in [-0.39, 0.29) is 0 Å². The van der Waals surface area contributed by atoms with Crippen molar-refractivity contribution in [3.63, 3.8) is 0 Å². The summed E-state index contributed by atoms with van der Waals surface area (Å²) in [7, 11) is 0. The van der Waals surface area contributed by atoms with Gasteiger partial charge in [-0.25, -0.2) is 4.99 Å². The normalized spacial score (nSPS) is 11.0. The molecule has 2 heteroatoms. The summed E-state index contributed by atoms with van der Waals surface area (Å²) in [5.74, 6) is 0. The molecule has 88 valence electrons. The highest BCUT2D eigenvalue weighted by Crippen LogP contribution is 2.09. The third-order valence-electron chi connectivity index (χ3n) is 2.60. The molecule has 0 saturated heterocycles. The number of hydrogen-bond acceptors (Lipinski definition) is 1. The van der Waals surface area contributed by atoms with Gasteiger partial charge in [0.15, 0.2) is 0 Å². The summed E-state index contributed by atoms with van der Waals surface area (Å²) in [6, 6.07) is 0. The van der Waals surface area contributed by atoms with E-state index in [1.807, 2.05) is 0 Å². The van der Waals surface area contributed by atoms with Crippen molar-refractivity contribution in [2.45, 2.75) is 71.1 Å². The van der Waals surface area contributed by atoms with Gasteiger partial charge in [-0.05, 0) is 12.8 Å².